The average molecular weight is 265 g/mol. The van der Waals surface area contributed by atoms with Gasteiger partial charge < -0.3 is 15.0 Å². The highest BCUT2D eigenvalue weighted by Crippen LogP contribution is 2.25. The molecule has 19 heavy (non-hydrogen) atoms. The van der Waals surface area contributed by atoms with E-state index in [1.54, 1.807) is 14.2 Å². The molecule has 0 amide bonds. The summed E-state index contributed by atoms with van der Waals surface area (Å²) in [5.41, 5.74) is 0. The van der Waals surface area contributed by atoms with Crippen LogP contribution in [0.25, 0.3) is 0 Å². The zero-order valence-corrected chi connectivity index (χ0v) is 12.0. The Morgan fingerprint density at radius 2 is 1.95 bits per heavy atom. The second-order valence-corrected chi connectivity index (χ2v) is 5.08. The minimum Gasteiger partial charge on any atom is -0.467 e. The first-order chi connectivity index (χ1) is 9.22. The predicted octanol–water partition coefficient (Wildman–Crippen LogP) is 1.94. The van der Waals surface area contributed by atoms with Crippen LogP contribution >= 0.6 is 0 Å². The summed E-state index contributed by atoms with van der Waals surface area (Å²) in [6.45, 7) is 0.996. The van der Waals surface area contributed by atoms with Gasteiger partial charge in [-0.25, -0.2) is 0 Å². The number of rotatable bonds is 5. The number of nitrogens with one attached hydrogen (secondary N) is 1. The van der Waals surface area contributed by atoms with Gasteiger partial charge in [-0.3, -0.25) is 0 Å². The van der Waals surface area contributed by atoms with Crippen LogP contribution in [0, 0.1) is 5.92 Å². The molecule has 1 N–H and O–H groups in total. The maximum absolute atomic E-state index is 5.11. The number of methoxy groups -OCH3 is 1. The lowest BCUT2D eigenvalue weighted by Gasteiger charge is -2.27. The second-order valence-electron chi connectivity index (χ2n) is 5.08. The Morgan fingerprint density at radius 3 is 2.58 bits per heavy atom. The molecule has 1 heterocycles. The molecule has 1 saturated carbocycles. The third kappa shape index (κ3) is 3.68. The fourth-order valence-corrected chi connectivity index (χ4v) is 2.56. The highest BCUT2D eigenvalue weighted by molar-refractivity contribution is 5.37. The van der Waals surface area contributed by atoms with Crippen LogP contribution in [0.3, 0.4) is 0 Å². The SMILES string of the molecule is CNc1nc(OC)nc(N(C)CC2CCCCC2)n1. The first-order valence-corrected chi connectivity index (χ1v) is 6.92. The first kappa shape index (κ1) is 13.8. The predicted molar refractivity (Wildman–Crippen MR) is 75.8 cm³/mol. The van der Waals surface area contributed by atoms with Gasteiger partial charge in [-0.1, -0.05) is 19.3 Å². The summed E-state index contributed by atoms with van der Waals surface area (Å²) in [6.07, 6.45) is 6.70. The molecule has 0 radical (unpaired) electrons. The molecule has 1 aromatic rings. The first-order valence-electron chi connectivity index (χ1n) is 6.92. The summed E-state index contributed by atoms with van der Waals surface area (Å²) >= 11 is 0. The summed E-state index contributed by atoms with van der Waals surface area (Å²) in [7, 11) is 5.39. The summed E-state index contributed by atoms with van der Waals surface area (Å²) in [5, 5.41) is 2.93. The molecule has 1 aliphatic rings. The molecular weight excluding hydrogens is 242 g/mol. The van der Waals surface area contributed by atoms with E-state index in [9.17, 15) is 0 Å². The lowest BCUT2D eigenvalue weighted by Crippen LogP contribution is -2.28. The van der Waals surface area contributed by atoms with Crippen LogP contribution in [0.1, 0.15) is 32.1 Å². The molecule has 2 rings (SSSR count). The molecule has 1 aliphatic carbocycles. The minimum absolute atomic E-state index is 0.352. The Bertz CT molecular complexity index is 384. The van der Waals surface area contributed by atoms with Gasteiger partial charge >= 0.3 is 6.01 Å². The van der Waals surface area contributed by atoms with Gasteiger partial charge in [0.05, 0.1) is 7.11 Å². The quantitative estimate of drug-likeness (QED) is 0.877. The fraction of sp³-hybridized carbons (Fsp3) is 0.769. The van der Waals surface area contributed by atoms with Crippen LogP contribution in [-0.2, 0) is 0 Å². The van der Waals surface area contributed by atoms with Crippen molar-refractivity contribution >= 4 is 11.9 Å². The third-order valence-corrected chi connectivity index (χ3v) is 3.61. The normalized spacial score (nSPS) is 16.2. The molecular formula is C13H23N5O. The van der Waals surface area contributed by atoms with Crippen molar-refractivity contribution < 1.29 is 4.74 Å². The molecule has 0 bridgehead atoms. The topological polar surface area (TPSA) is 63.2 Å². The van der Waals surface area contributed by atoms with Crippen molar-refractivity contribution in [2.75, 3.05) is 38.0 Å². The number of anilines is 2. The van der Waals surface area contributed by atoms with Crippen molar-refractivity contribution in [2.24, 2.45) is 5.92 Å². The Morgan fingerprint density at radius 1 is 1.21 bits per heavy atom. The maximum atomic E-state index is 5.11. The van der Waals surface area contributed by atoms with E-state index >= 15 is 0 Å². The monoisotopic (exact) mass is 265 g/mol. The molecule has 0 aliphatic heterocycles. The van der Waals surface area contributed by atoms with Crippen LogP contribution in [-0.4, -0.2) is 42.7 Å². The van der Waals surface area contributed by atoms with Crippen LogP contribution in [0.4, 0.5) is 11.9 Å². The lowest BCUT2D eigenvalue weighted by molar-refractivity contribution is 0.358. The van der Waals surface area contributed by atoms with Gasteiger partial charge in [0.1, 0.15) is 0 Å². The van der Waals surface area contributed by atoms with Crippen LogP contribution in [0.15, 0.2) is 0 Å². The van der Waals surface area contributed by atoms with E-state index < -0.39 is 0 Å². The fourth-order valence-electron chi connectivity index (χ4n) is 2.56. The smallest absolute Gasteiger partial charge is 0.322 e. The molecule has 0 aromatic carbocycles. The van der Waals surface area contributed by atoms with Gasteiger partial charge in [-0.05, 0) is 18.8 Å². The van der Waals surface area contributed by atoms with Crippen molar-refractivity contribution in [1.82, 2.24) is 15.0 Å². The van der Waals surface area contributed by atoms with E-state index in [1.165, 1.54) is 32.1 Å². The number of hydrogen-bond donors (Lipinski definition) is 1. The van der Waals surface area contributed by atoms with Crippen molar-refractivity contribution in [3.8, 4) is 6.01 Å². The number of hydrogen-bond acceptors (Lipinski definition) is 6. The molecule has 0 atom stereocenters. The zero-order valence-electron chi connectivity index (χ0n) is 12.0. The summed E-state index contributed by atoms with van der Waals surface area (Å²) < 4.78 is 5.11. The molecule has 0 unspecified atom stereocenters. The van der Waals surface area contributed by atoms with E-state index in [0.717, 1.165) is 12.5 Å². The van der Waals surface area contributed by atoms with Crippen LogP contribution in [0.2, 0.25) is 0 Å². The summed E-state index contributed by atoms with van der Waals surface area (Å²) in [6, 6.07) is 0.352. The third-order valence-electron chi connectivity index (χ3n) is 3.61. The summed E-state index contributed by atoms with van der Waals surface area (Å²) in [4.78, 5) is 14.9. The average Bonchev–Trinajstić information content (AvgIpc) is 2.47. The van der Waals surface area contributed by atoms with Crippen molar-refractivity contribution in [3.05, 3.63) is 0 Å². The van der Waals surface area contributed by atoms with E-state index in [-0.39, 0.29) is 0 Å². The Kier molecular flexibility index (Phi) is 4.76. The molecule has 6 nitrogen and oxygen atoms in total. The standard InChI is InChI=1S/C13H23N5O/c1-14-11-15-12(17-13(16-11)19-3)18(2)9-10-7-5-4-6-8-10/h10H,4-9H2,1-3H3,(H,14,15,16,17). The van der Waals surface area contributed by atoms with Crippen LogP contribution in [0.5, 0.6) is 6.01 Å². The van der Waals surface area contributed by atoms with E-state index in [1.807, 2.05) is 7.05 Å². The Labute approximate surface area is 114 Å². The highest BCUT2D eigenvalue weighted by atomic mass is 16.5. The number of ether oxygens (including phenoxy) is 1. The highest BCUT2D eigenvalue weighted by Gasteiger charge is 2.18. The Hall–Kier alpha value is -1.59. The maximum Gasteiger partial charge on any atom is 0.322 e. The zero-order chi connectivity index (χ0) is 13.7. The second kappa shape index (κ2) is 6.54. The van der Waals surface area contributed by atoms with E-state index in [0.29, 0.717) is 17.9 Å². The molecule has 6 heteroatoms. The number of nitrogens with zero attached hydrogens (tertiary/aromatic N) is 4. The van der Waals surface area contributed by atoms with Gasteiger partial charge in [0.25, 0.3) is 0 Å². The molecule has 106 valence electrons. The Balaban J connectivity index is 2.06. The van der Waals surface area contributed by atoms with Gasteiger partial charge in [0.15, 0.2) is 0 Å². The van der Waals surface area contributed by atoms with Crippen molar-refractivity contribution in [1.29, 1.82) is 0 Å². The van der Waals surface area contributed by atoms with E-state index in [4.69, 9.17) is 4.74 Å². The summed E-state index contributed by atoms with van der Waals surface area (Å²) in [5.74, 6) is 1.96. The molecule has 0 saturated heterocycles. The van der Waals surface area contributed by atoms with Crippen molar-refractivity contribution in [3.63, 3.8) is 0 Å². The van der Waals surface area contributed by atoms with Crippen molar-refractivity contribution in [2.45, 2.75) is 32.1 Å². The lowest BCUT2D eigenvalue weighted by atomic mass is 9.89. The molecule has 1 fully saturated rings. The number of aromatic nitrogens is 3. The van der Waals surface area contributed by atoms with Crippen LogP contribution < -0.4 is 15.0 Å². The molecule has 0 spiro atoms. The van der Waals surface area contributed by atoms with Gasteiger partial charge in [-0.15, -0.1) is 0 Å². The van der Waals surface area contributed by atoms with Gasteiger partial charge in [-0.2, -0.15) is 15.0 Å². The largest absolute Gasteiger partial charge is 0.467 e. The van der Waals surface area contributed by atoms with E-state index in [2.05, 4.69) is 25.2 Å². The molecule has 1 aromatic heterocycles. The van der Waals surface area contributed by atoms with Gasteiger partial charge in [0, 0.05) is 20.6 Å². The van der Waals surface area contributed by atoms with Gasteiger partial charge in [0.2, 0.25) is 11.9 Å². The minimum atomic E-state index is 0.352.